The highest BCUT2D eigenvalue weighted by molar-refractivity contribution is 8.00. The molecule has 0 saturated heterocycles. The average Bonchev–Trinajstić information content (AvgIpc) is 2.14. The minimum atomic E-state index is 0.229. The molecular weight excluding hydrogens is 192 g/mol. The summed E-state index contributed by atoms with van der Waals surface area (Å²) in [6.07, 6.45) is 0. The summed E-state index contributed by atoms with van der Waals surface area (Å²) in [7, 11) is 0. The Bertz CT molecular complexity index is 318. The number of aryl methyl sites for hydroxylation is 1. The van der Waals surface area contributed by atoms with Crippen molar-refractivity contribution in [2.75, 3.05) is 5.75 Å². The second-order valence-electron chi connectivity index (χ2n) is 3.65. The zero-order valence-corrected chi connectivity index (χ0v) is 9.73. The number of Topliss-reactive ketones (excluding diaryl/α,β-unsaturated/α-hetero) is 1. The van der Waals surface area contributed by atoms with Crippen molar-refractivity contribution in [3.8, 4) is 0 Å². The second-order valence-corrected chi connectivity index (χ2v) is 5.22. The number of benzene rings is 1. The fourth-order valence-corrected chi connectivity index (χ4v) is 1.80. The number of ketones is 1. The maximum atomic E-state index is 11.7. The van der Waals surface area contributed by atoms with Gasteiger partial charge in [0.05, 0.1) is 5.75 Å². The minimum absolute atomic E-state index is 0.229. The van der Waals surface area contributed by atoms with Crippen LogP contribution in [0.3, 0.4) is 0 Å². The normalized spacial score (nSPS) is 10.6. The molecule has 0 amide bonds. The summed E-state index contributed by atoms with van der Waals surface area (Å²) in [4.78, 5) is 11.7. The lowest BCUT2D eigenvalue weighted by atomic mass is 10.1. The summed E-state index contributed by atoms with van der Waals surface area (Å²) in [5, 5.41) is 0.517. The van der Waals surface area contributed by atoms with E-state index in [2.05, 4.69) is 13.8 Å². The van der Waals surface area contributed by atoms with Crippen LogP contribution in [0.15, 0.2) is 24.3 Å². The van der Waals surface area contributed by atoms with Gasteiger partial charge in [0.25, 0.3) is 0 Å². The van der Waals surface area contributed by atoms with Crippen LogP contribution in [0, 0.1) is 6.92 Å². The highest BCUT2D eigenvalue weighted by atomic mass is 32.2. The molecule has 0 radical (unpaired) electrons. The lowest BCUT2D eigenvalue weighted by molar-refractivity contribution is 0.102. The second kappa shape index (κ2) is 5.20. The Hall–Kier alpha value is -0.760. The van der Waals surface area contributed by atoms with E-state index in [1.54, 1.807) is 11.8 Å². The molecule has 0 spiro atoms. The zero-order chi connectivity index (χ0) is 10.6. The van der Waals surface area contributed by atoms with Gasteiger partial charge in [0.2, 0.25) is 0 Å². The quantitative estimate of drug-likeness (QED) is 0.706. The van der Waals surface area contributed by atoms with Gasteiger partial charge >= 0.3 is 0 Å². The lowest BCUT2D eigenvalue weighted by Crippen LogP contribution is -2.04. The third-order valence-electron chi connectivity index (χ3n) is 1.89. The lowest BCUT2D eigenvalue weighted by Gasteiger charge is -2.04. The van der Waals surface area contributed by atoms with Crippen LogP contribution in [0.1, 0.15) is 29.8 Å². The number of hydrogen-bond acceptors (Lipinski definition) is 2. The van der Waals surface area contributed by atoms with Gasteiger partial charge in [-0.2, -0.15) is 11.8 Å². The van der Waals surface area contributed by atoms with Gasteiger partial charge in [-0.3, -0.25) is 4.79 Å². The van der Waals surface area contributed by atoms with E-state index in [0.717, 1.165) is 11.1 Å². The molecule has 2 heteroatoms. The zero-order valence-electron chi connectivity index (χ0n) is 8.91. The first-order chi connectivity index (χ1) is 6.59. The molecule has 1 nitrogen and oxygen atoms in total. The number of carbonyl (C=O) groups is 1. The van der Waals surface area contributed by atoms with Gasteiger partial charge in [-0.25, -0.2) is 0 Å². The molecule has 0 N–H and O–H groups in total. The van der Waals surface area contributed by atoms with Crippen molar-refractivity contribution in [3.63, 3.8) is 0 Å². The van der Waals surface area contributed by atoms with Gasteiger partial charge in [-0.05, 0) is 18.2 Å². The van der Waals surface area contributed by atoms with Crippen LogP contribution < -0.4 is 0 Å². The molecule has 1 aromatic carbocycles. The summed E-state index contributed by atoms with van der Waals surface area (Å²) in [5.41, 5.74) is 1.98. The minimum Gasteiger partial charge on any atom is -0.293 e. The maximum Gasteiger partial charge on any atom is 0.172 e. The molecule has 76 valence electrons. The van der Waals surface area contributed by atoms with Gasteiger partial charge in [0.1, 0.15) is 0 Å². The topological polar surface area (TPSA) is 17.1 Å². The number of hydrogen-bond donors (Lipinski definition) is 0. The van der Waals surface area contributed by atoms with Gasteiger partial charge in [-0.1, -0.05) is 37.6 Å². The largest absolute Gasteiger partial charge is 0.293 e. The van der Waals surface area contributed by atoms with Crippen molar-refractivity contribution in [1.82, 2.24) is 0 Å². The molecule has 0 unspecified atom stereocenters. The summed E-state index contributed by atoms with van der Waals surface area (Å²) >= 11 is 1.69. The standard InChI is InChI=1S/C12H16OS/c1-9(2)14-8-12(13)11-6-4-5-10(3)7-11/h4-7,9H,8H2,1-3H3. The summed E-state index contributed by atoms with van der Waals surface area (Å²) in [6.45, 7) is 6.22. The average molecular weight is 208 g/mol. The van der Waals surface area contributed by atoms with Crippen molar-refractivity contribution in [2.24, 2.45) is 0 Å². The molecule has 0 bridgehead atoms. The Balaban J connectivity index is 2.61. The van der Waals surface area contributed by atoms with Crippen LogP contribution in [0.25, 0.3) is 0 Å². The monoisotopic (exact) mass is 208 g/mol. The number of rotatable bonds is 4. The van der Waals surface area contributed by atoms with E-state index < -0.39 is 0 Å². The SMILES string of the molecule is Cc1cccc(C(=O)CSC(C)C)c1. The molecule has 1 rings (SSSR count). The molecule has 0 atom stereocenters. The van der Waals surface area contributed by atoms with Gasteiger partial charge in [-0.15, -0.1) is 0 Å². The van der Waals surface area contributed by atoms with E-state index in [4.69, 9.17) is 0 Å². The highest BCUT2D eigenvalue weighted by Crippen LogP contribution is 2.13. The molecule has 1 aromatic rings. The van der Waals surface area contributed by atoms with Crippen LogP contribution in [0.4, 0.5) is 0 Å². The smallest absolute Gasteiger partial charge is 0.172 e. The van der Waals surface area contributed by atoms with E-state index in [-0.39, 0.29) is 5.78 Å². The fraction of sp³-hybridized carbons (Fsp3) is 0.417. The van der Waals surface area contributed by atoms with Crippen LogP contribution in [0.5, 0.6) is 0 Å². The van der Waals surface area contributed by atoms with E-state index in [1.165, 1.54) is 0 Å². The Kier molecular flexibility index (Phi) is 4.21. The van der Waals surface area contributed by atoms with E-state index in [9.17, 15) is 4.79 Å². The van der Waals surface area contributed by atoms with E-state index >= 15 is 0 Å². The number of carbonyl (C=O) groups excluding carboxylic acids is 1. The summed E-state index contributed by atoms with van der Waals surface area (Å²) in [6, 6.07) is 7.77. The Labute approximate surface area is 89.9 Å². The molecule has 0 fully saturated rings. The van der Waals surface area contributed by atoms with Crippen LogP contribution in [0.2, 0.25) is 0 Å². The maximum absolute atomic E-state index is 11.7. The van der Waals surface area contributed by atoms with Crippen LogP contribution in [-0.4, -0.2) is 16.8 Å². The first-order valence-electron chi connectivity index (χ1n) is 4.81. The third kappa shape index (κ3) is 3.54. The van der Waals surface area contributed by atoms with Crippen molar-refractivity contribution < 1.29 is 4.79 Å². The first kappa shape index (κ1) is 11.3. The Morgan fingerprint density at radius 2 is 2.14 bits per heavy atom. The molecule has 0 aliphatic carbocycles. The van der Waals surface area contributed by atoms with Crippen molar-refractivity contribution >= 4 is 17.5 Å². The Morgan fingerprint density at radius 3 is 2.71 bits per heavy atom. The molecule has 0 aliphatic rings. The van der Waals surface area contributed by atoms with Crippen molar-refractivity contribution in [1.29, 1.82) is 0 Å². The third-order valence-corrected chi connectivity index (χ3v) is 2.98. The Morgan fingerprint density at radius 1 is 1.43 bits per heavy atom. The van der Waals surface area contributed by atoms with E-state index in [1.807, 2.05) is 31.2 Å². The van der Waals surface area contributed by atoms with Gasteiger partial charge < -0.3 is 0 Å². The number of thioether (sulfide) groups is 1. The highest BCUT2D eigenvalue weighted by Gasteiger charge is 2.06. The fourth-order valence-electron chi connectivity index (χ4n) is 1.14. The first-order valence-corrected chi connectivity index (χ1v) is 5.86. The summed E-state index contributed by atoms with van der Waals surface area (Å²) in [5.74, 6) is 0.814. The molecule has 0 aromatic heterocycles. The van der Waals surface area contributed by atoms with Gasteiger partial charge in [0.15, 0.2) is 5.78 Å². The van der Waals surface area contributed by atoms with E-state index in [0.29, 0.717) is 11.0 Å². The molecule has 0 heterocycles. The molecular formula is C12H16OS. The molecule has 0 aliphatic heterocycles. The van der Waals surface area contributed by atoms with Crippen molar-refractivity contribution in [2.45, 2.75) is 26.0 Å². The summed E-state index contributed by atoms with van der Waals surface area (Å²) < 4.78 is 0. The van der Waals surface area contributed by atoms with Crippen LogP contribution >= 0.6 is 11.8 Å². The molecule has 0 saturated carbocycles. The predicted molar refractivity (Wildman–Crippen MR) is 63.1 cm³/mol. The van der Waals surface area contributed by atoms with Crippen molar-refractivity contribution in [3.05, 3.63) is 35.4 Å². The predicted octanol–water partition coefficient (Wildman–Crippen LogP) is 3.32. The molecule has 14 heavy (non-hydrogen) atoms. The van der Waals surface area contributed by atoms with Gasteiger partial charge in [0, 0.05) is 5.56 Å². The van der Waals surface area contributed by atoms with Crippen LogP contribution in [-0.2, 0) is 0 Å².